The molecule has 0 aliphatic carbocycles. The van der Waals surface area contributed by atoms with Crippen molar-refractivity contribution in [2.75, 3.05) is 0 Å². The van der Waals surface area contributed by atoms with E-state index < -0.39 is 17.7 Å². The lowest BCUT2D eigenvalue weighted by Crippen LogP contribution is -2.34. The Kier molecular flexibility index (Phi) is 6.36. The van der Waals surface area contributed by atoms with Gasteiger partial charge in [0.05, 0.1) is 0 Å². The number of hydrogen-bond donors (Lipinski definition) is 1. The third-order valence-corrected chi connectivity index (χ3v) is 3.72. The van der Waals surface area contributed by atoms with E-state index in [0.717, 1.165) is 10.4 Å². The molecule has 1 N–H and O–H groups in total. The Morgan fingerprint density at radius 1 is 1.12 bits per heavy atom. The molecule has 1 amide bonds. The van der Waals surface area contributed by atoms with Gasteiger partial charge in [0.2, 0.25) is 0 Å². The van der Waals surface area contributed by atoms with Gasteiger partial charge in [0.25, 0.3) is 0 Å². The molecule has 5 nitrogen and oxygen atoms in total. The van der Waals surface area contributed by atoms with E-state index in [4.69, 9.17) is 9.47 Å². The molecule has 0 atom stereocenters. The van der Waals surface area contributed by atoms with Gasteiger partial charge in [-0.2, -0.15) is 0 Å². The monoisotopic (exact) mass is 359 g/mol. The molecule has 2 aromatic rings. The van der Waals surface area contributed by atoms with E-state index in [-0.39, 0.29) is 12.3 Å². The number of ether oxygens (including phenoxy) is 2. The van der Waals surface area contributed by atoms with E-state index in [2.05, 4.69) is 5.32 Å². The van der Waals surface area contributed by atoms with Crippen molar-refractivity contribution in [1.29, 1.82) is 0 Å². The fraction of sp³-hybridized carbons (Fsp3) is 0.263. The average Bonchev–Trinajstić information content (AvgIpc) is 3.04. The van der Waals surface area contributed by atoms with Crippen LogP contribution < -0.4 is 5.32 Å². The molecule has 6 heteroatoms. The van der Waals surface area contributed by atoms with Crippen LogP contribution in [-0.4, -0.2) is 17.7 Å². The fourth-order valence-electron chi connectivity index (χ4n) is 1.88. The van der Waals surface area contributed by atoms with Gasteiger partial charge in [0.15, 0.2) is 0 Å². The SMILES string of the molecule is CC(C)(C)OC(=O)N/C(=C\c1cccs1)C(=O)OCc1ccccc1. The Hall–Kier alpha value is -2.60. The van der Waals surface area contributed by atoms with E-state index in [1.807, 2.05) is 47.8 Å². The van der Waals surface area contributed by atoms with Crippen molar-refractivity contribution in [3.05, 3.63) is 64.0 Å². The molecule has 0 bridgehead atoms. The van der Waals surface area contributed by atoms with Crippen molar-refractivity contribution < 1.29 is 19.1 Å². The maximum absolute atomic E-state index is 12.4. The number of benzene rings is 1. The third-order valence-electron chi connectivity index (χ3n) is 2.90. The number of carbonyl (C=O) groups is 2. The highest BCUT2D eigenvalue weighted by Gasteiger charge is 2.20. The highest BCUT2D eigenvalue weighted by atomic mass is 32.1. The summed E-state index contributed by atoms with van der Waals surface area (Å²) in [6.45, 7) is 5.38. The first-order valence-electron chi connectivity index (χ1n) is 7.80. The van der Waals surface area contributed by atoms with Gasteiger partial charge in [-0.15, -0.1) is 11.3 Å². The van der Waals surface area contributed by atoms with Crippen molar-refractivity contribution in [3.63, 3.8) is 0 Å². The summed E-state index contributed by atoms with van der Waals surface area (Å²) in [6.07, 6.45) is 0.869. The minimum atomic E-state index is -0.702. The average molecular weight is 359 g/mol. The van der Waals surface area contributed by atoms with Gasteiger partial charge >= 0.3 is 12.1 Å². The van der Waals surface area contributed by atoms with Crippen LogP contribution in [0, 0.1) is 0 Å². The topological polar surface area (TPSA) is 64.6 Å². The number of thiophene rings is 1. The summed E-state index contributed by atoms with van der Waals surface area (Å²) in [5.74, 6) is -0.622. The summed E-state index contributed by atoms with van der Waals surface area (Å²) in [5, 5.41) is 4.36. The van der Waals surface area contributed by atoms with E-state index in [9.17, 15) is 9.59 Å². The first-order valence-corrected chi connectivity index (χ1v) is 8.68. The van der Waals surface area contributed by atoms with E-state index in [0.29, 0.717) is 0 Å². The number of esters is 1. The summed E-state index contributed by atoms with van der Waals surface area (Å²) in [6, 6.07) is 13.0. The fourth-order valence-corrected chi connectivity index (χ4v) is 2.53. The van der Waals surface area contributed by atoms with E-state index in [1.165, 1.54) is 11.3 Å². The van der Waals surface area contributed by atoms with Crippen LogP contribution in [0.5, 0.6) is 0 Å². The number of alkyl carbamates (subject to hydrolysis) is 1. The molecule has 0 saturated heterocycles. The molecule has 0 aliphatic heterocycles. The maximum Gasteiger partial charge on any atom is 0.412 e. The Labute approximate surface area is 151 Å². The summed E-state index contributed by atoms with van der Waals surface area (Å²) < 4.78 is 10.5. The van der Waals surface area contributed by atoms with Crippen molar-refractivity contribution in [2.45, 2.75) is 33.0 Å². The first kappa shape index (κ1) is 18.7. The zero-order chi connectivity index (χ0) is 18.3. The number of rotatable bonds is 5. The van der Waals surface area contributed by atoms with Gasteiger partial charge < -0.3 is 9.47 Å². The van der Waals surface area contributed by atoms with Crippen molar-refractivity contribution >= 4 is 29.5 Å². The molecule has 0 spiro atoms. The molecule has 0 saturated carbocycles. The minimum absolute atomic E-state index is 0.0348. The van der Waals surface area contributed by atoms with Gasteiger partial charge in [-0.05, 0) is 43.9 Å². The lowest BCUT2D eigenvalue weighted by molar-refractivity contribution is -0.140. The maximum atomic E-state index is 12.4. The molecule has 0 unspecified atom stereocenters. The van der Waals surface area contributed by atoms with Crippen LogP contribution in [0.1, 0.15) is 31.2 Å². The van der Waals surface area contributed by atoms with Gasteiger partial charge in [-0.25, -0.2) is 9.59 Å². The summed E-state index contributed by atoms with van der Waals surface area (Å²) in [7, 11) is 0. The second-order valence-electron chi connectivity index (χ2n) is 6.26. The molecule has 1 aromatic carbocycles. The molecule has 0 aliphatic rings. The predicted molar refractivity (Wildman–Crippen MR) is 97.9 cm³/mol. The normalized spacial score (nSPS) is 11.7. The number of amides is 1. The molecular formula is C19H21NO4S. The number of nitrogens with one attached hydrogen (secondary N) is 1. The van der Waals surface area contributed by atoms with E-state index in [1.54, 1.807) is 26.8 Å². The molecule has 0 radical (unpaired) electrons. The van der Waals surface area contributed by atoms with Crippen molar-refractivity contribution in [1.82, 2.24) is 5.32 Å². The molecule has 2 rings (SSSR count). The minimum Gasteiger partial charge on any atom is -0.456 e. The van der Waals surface area contributed by atoms with Gasteiger partial charge in [-0.1, -0.05) is 36.4 Å². The van der Waals surface area contributed by atoms with Crippen LogP contribution in [-0.2, 0) is 20.9 Å². The molecule has 25 heavy (non-hydrogen) atoms. The lowest BCUT2D eigenvalue weighted by atomic mass is 10.2. The Morgan fingerprint density at radius 3 is 2.44 bits per heavy atom. The second kappa shape index (κ2) is 8.48. The largest absolute Gasteiger partial charge is 0.456 e. The van der Waals surface area contributed by atoms with Crippen molar-refractivity contribution in [3.8, 4) is 0 Å². The Balaban J connectivity index is 2.08. The molecule has 1 heterocycles. The second-order valence-corrected chi connectivity index (χ2v) is 7.24. The standard InChI is InChI=1S/C19H21NO4S/c1-19(2,3)24-18(22)20-16(12-15-10-7-11-25-15)17(21)23-13-14-8-5-4-6-9-14/h4-12H,13H2,1-3H3,(H,20,22)/b16-12-. The summed E-state index contributed by atoms with van der Waals surface area (Å²) >= 11 is 1.45. The quantitative estimate of drug-likeness (QED) is 0.636. The van der Waals surface area contributed by atoms with Crippen molar-refractivity contribution in [2.24, 2.45) is 0 Å². The van der Waals surface area contributed by atoms with Crippen LogP contribution in [0.4, 0.5) is 4.79 Å². The van der Waals surface area contributed by atoms with Gasteiger partial charge in [0.1, 0.15) is 17.9 Å². The highest BCUT2D eigenvalue weighted by molar-refractivity contribution is 7.10. The van der Waals surface area contributed by atoms with Crippen LogP contribution >= 0.6 is 11.3 Å². The summed E-state index contributed by atoms with van der Waals surface area (Å²) in [5.41, 5.74) is 0.239. The van der Waals surface area contributed by atoms with Gasteiger partial charge in [-0.3, -0.25) is 5.32 Å². The van der Waals surface area contributed by atoms with Crippen LogP contribution in [0.3, 0.4) is 0 Å². The van der Waals surface area contributed by atoms with Crippen LogP contribution in [0.25, 0.3) is 6.08 Å². The van der Waals surface area contributed by atoms with Crippen LogP contribution in [0.2, 0.25) is 0 Å². The molecule has 0 fully saturated rings. The van der Waals surface area contributed by atoms with Crippen LogP contribution in [0.15, 0.2) is 53.5 Å². The zero-order valence-corrected chi connectivity index (χ0v) is 15.3. The smallest absolute Gasteiger partial charge is 0.412 e. The molecule has 1 aromatic heterocycles. The third kappa shape index (κ3) is 6.81. The molecule has 132 valence electrons. The first-order chi connectivity index (χ1) is 11.8. The Bertz CT molecular complexity index is 731. The number of carbonyl (C=O) groups excluding carboxylic acids is 2. The zero-order valence-electron chi connectivity index (χ0n) is 14.4. The van der Waals surface area contributed by atoms with Gasteiger partial charge in [0, 0.05) is 4.88 Å². The number of hydrogen-bond acceptors (Lipinski definition) is 5. The Morgan fingerprint density at radius 2 is 1.84 bits per heavy atom. The van der Waals surface area contributed by atoms with E-state index >= 15 is 0 Å². The highest BCUT2D eigenvalue weighted by Crippen LogP contribution is 2.15. The molecular weight excluding hydrogens is 338 g/mol. The lowest BCUT2D eigenvalue weighted by Gasteiger charge is -2.20. The summed E-state index contributed by atoms with van der Waals surface area (Å²) in [4.78, 5) is 25.2. The predicted octanol–water partition coefficient (Wildman–Crippen LogP) is 4.36.